The quantitative estimate of drug-likeness (QED) is 0.841. The predicted molar refractivity (Wildman–Crippen MR) is 72.4 cm³/mol. The van der Waals surface area contributed by atoms with Crippen molar-refractivity contribution in [1.82, 2.24) is 0 Å². The van der Waals surface area contributed by atoms with E-state index in [1.54, 1.807) is 6.07 Å². The van der Waals surface area contributed by atoms with E-state index in [4.69, 9.17) is 16.3 Å². The number of halogens is 1. The third-order valence-corrected chi connectivity index (χ3v) is 2.62. The summed E-state index contributed by atoms with van der Waals surface area (Å²) in [6.45, 7) is 3.20. The molecule has 104 valence electrons. The Hall–Kier alpha value is -1.59. The molecule has 1 rings (SSSR count). The first-order valence-electron chi connectivity index (χ1n) is 5.65. The normalized spacial score (nSPS) is 10.1. The van der Waals surface area contributed by atoms with Crippen LogP contribution in [0, 0.1) is 13.8 Å². The lowest BCUT2D eigenvalue weighted by Crippen LogP contribution is -2.23. The van der Waals surface area contributed by atoms with Crippen molar-refractivity contribution in [3.8, 4) is 0 Å². The molecular weight excluding hydrogens is 270 g/mol. The zero-order chi connectivity index (χ0) is 14.4. The summed E-state index contributed by atoms with van der Waals surface area (Å²) in [7, 11) is 1.37. The molecule has 5 nitrogen and oxygen atoms in total. The Morgan fingerprint density at radius 1 is 1.26 bits per heavy atom. The Morgan fingerprint density at radius 3 is 2.53 bits per heavy atom. The highest BCUT2D eigenvalue weighted by Gasteiger charge is 2.11. The summed E-state index contributed by atoms with van der Waals surface area (Å²) in [6.07, 6.45) is 0. The number of ether oxygens (including phenoxy) is 2. The second kappa shape index (κ2) is 7.11. The number of carbonyl (C=O) groups is 2. The lowest BCUT2D eigenvalue weighted by atomic mass is 10.1. The van der Waals surface area contributed by atoms with Crippen LogP contribution < -0.4 is 5.32 Å². The number of amides is 1. The van der Waals surface area contributed by atoms with E-state index in [0.29, 0.717) is 10.7 Å². The average Bonchev–Trinajstić information content (AvgIpc) is 2.31. The molecule has 0 bridgehead atoms. The molecule has 6 heteroatoms. The zero-order valence-corrected chi connectivity index (χ0v) is 11.8. The van der Waals surface area contributed by atoms with Gasteiger partial charge in [-0.2, -0.15) is 0 Å². The summed E-state index contributed by atoms with van der Waals surface area (Å²) in [5.74, 6) is -1.04. The monoisotopic (exact) mass is 285 g/mol. The van der Waals surface area contributed by atoms with E-state index in [2.05, 4.69) is 10.1 Å². The Labute approximate surface area is 116 Å². The van der Waals surface area contributed by atoms with Gasteiger partial charge in [0.25, 0.3) is 5.91 Å². The number of esters is 1. The number of hydrogen-bond donors (Lipinski definition) is 1. The van der Waals surface area contributed by atoms with Gasteiger partial charge in [0.2, 0.25) is 0 Å². The van der Waals surface area contributed by atoms with Crippen LogP contribution in [-0.4, -0.2) is 32.2 Å². The van der Waals surface area contributed by atoms with Crippen LogP contribution in [0.15, 0.2) is 12.1 Å². The van der Waals surface area contributed by atoms with Gasteiger partial charge in [0.15, 0.2) is 6.61 Å². The third-order valence-electron chi connectivity index (χ3n) is 2.32. The molecule has 0 aliphatic rings. The van der Waals surface area contributed by atoms with Gasteiger partial charge in [-0.3, -0.25) is 4.79 Å². The minimum absolute atomic E-state index is 0.183. The Bertz CT molecular complexity index is 465. The molecule has 1 aromatic rings. The summed E-state index contributed by atoms with van der Waals surface area (Å²) in [4.78, 5) is 22.6. The van der Waals surface area contributed by atoms with Gasteiger partial charge in [0.1, 0.15) is 6.61 Å². The molecule has 0 heterocycles. The van der Waals surface area contributed by atoms with Crippen molar-refractivity contribution in [3.05, 3.63) is 28.3 Å². The maximum absolute atomic E-state index is 11.6. The van der Waals surface area contributed by atoms with E-state index in [1.165, 1.54) is 7.11 Å². The van der Waals surface area contributed by atoms with Crippen molar-refractivity contribution >= 4 is 29.2 Å². The number of rotatable bonds is 5. The third kappa shape index (κ3) is 4.89. The van der Waals surface area contributed by atoms with E-state index in [0.717, 1.165) is 11.1 Å². The molecule has 0 atom stereocenters. The van der Waals surface area contributed by atoms with Crippen molar-refractivity contribution in [1.29, 1.82) is 0 Å². The first-order chi connectivity index (χ1) is 8.93. The molecule has 0 saturated carbocycles. The SMILES string of the molecule is COCC(=O)OCC(=O)Nc1c(C)cc(C)cc1Cl. The summed E-state index contributed by atoms with van der Waals surface area (Å²) in [5.41, 5.74) is 2.38. The number of hydrogen-bond acceptors (Lipinski definition) is 4. The molecule has 0 unspecified atom stereocenters. The Kier molecular flexibility index (Phi) is 5.79. The van der Waals surface area contributed by atoms with Gasteiger partial charge < -0.3 is 14.8 Å². The molecule has 0 spiro atoms. The number of nitrogens with one attached hydrogen (secondary N) is 1. The lowest BCUT2D eigenvalue weighted by molar-refractivity contribution is -0.150. The summed E-state index contributed by atoms with van der Waals surface area (Å²) < 4.78 is 9.28. The number of anilines is 1. The Morgan fingerprint density at radius 2 is 1.95 bits per heavy atom. The van der Waals surface area contributed by atoms with Crippen LogP contribution in [0.2, 0.25) is 5.02 Å². The van der Waals surface area contributed by atoms with E-state index < -0.39 is 11.9 Å². The van der Waals surface area contributed by atoms with Gasteiger partial charge in [0, 0.05) is 7.11 Å². The van der Waals surface area contributed by atoms with Crippen LogP contribution in [0.3, 0.4) is 0 Å². The molecule has 19 heavy (non-hydrogen) atoms. The fraction of sp³-hybridized carbons (Fsp3) is 0.385. The molecule has 1 aromatic carbocycles. The summed E-state index contributed by atoms with van der Waals surface area (Å²) >= 11 is 6.05. The minimum Gasteiger partial charge on any atom is -0.454 e. The highest BCUT2D eigenvalue weighted by atomic mass is 35.5. The van der Waals surface area contributed by atoms with Crippen molar-refractivity contribution in [2.75, 3.05) is 25.6 Å². The number of methoxy groups -OCH3 is 1. The molecule has 0 aliphatic heterocycles. The number of aryl methyl sites for hydroxylation is 2. The predicted octanol–water partition coefficient (Wildman–Crippen LogP) is 2.08. The first-order valence-corrected chi connectivity index (χ1v) is 6.03. The highest BCUT2D eigenvalue weighted by Crippen LogP contribution is 2.27. The number of carbonyl (C=O) groups excluding carboxylic acids is 2. The first kappa shape index (κ1) is 15.5. The van der Waals surface area contributed by atoms with Gasteiger partial charge in [-0.05, 0) is 31.0 Å². The molecule has 0 radical (unpaired) electrons. The molecule has 0 aromatic heterocycles. The fourth-order valence-electron chi connectivity index (χ4n) is 1.56. The summed E-state index contributed by atoms with van der Waals surface area (Å²) in [6, 6.07) is 3.65. The second-order valence-electron chi connectivity index (χ2n) is 4.08. The lowest BCUT2D eigenvalue weighted by Gasteiger charge is -2.11. The molecule has 0 aliphatic carbocycles. The van der Waals surface area contributed by atoms with Gasteiger partial charge in [-0.25, -0.2) is 4.79 Å². The van der Waals surface area contributed by atoms with Crippen molar-refractivity contribution in [2.45, 2.75) is 13.8 Å². The molecule has 0 fully saturated rings. The van der Waals surface area contributed by atoms with Gasteiger partial charge in [-0.1, -0.05) is 17.7 Å². The van der Waals surface area contributed by atoms with Crippen molar-refractivity contribution < 1.29 is 19.1 Å². The van der Waals surface area contributed by atoms with E-state index >= 15 is 0 Å². The van der Waals surface area contributed by atoms with Crippen LogP contribution in [0.25, 0.3) is 0 Å². The maximum atomic E-state index is 11.6. The van der Waals surface area contributed by atoms with E-state index in [1.807, 2.05) is 19.9 Å². The maximum Gasteiger partial charge on any atom is 0.332 e. The Balaban J connectivity index is 2.60. The topological polar surface area (TPSA) is 64.6 Å². The average molecular weight is 286 g/mol. The molecule has 0 saturated heterocycles. The van der Waals surface area contributed by atoms with E-state index in [9.17, 15) is 9.59 Å². The van der Waals surface area contributed by atoms with Gasteiger partial charge in [0.05, 0.1) is 10.7 Å². The minimum atomic E-state index is -0.593. The van der Waals surface area contributed by atoms with Crippen LogP contribution in [0.4, 0.5) is 5.69 Å². The molecule has 1 N–H and O–H groups in total. The van der Waals surface area contributed by atoms with Gasteiger partial charge >= 0.3 is 5.97 Å². The zero-order valence-electron chi connectivity index (χ0n) is 11.1. The fourth-order valence-corrected chi connectivity index (χ4v) is 1.92. The van der Waals surface area contributed by atoms with Crippen LogP contribution in [0.1, 0.15) is 11.1 Å². The largest absolute Gasteiger partial charge is 0.454 e. The van der Waals surface area contributed by atoms with Crippen LogP contribution >= 0.6 is 11.6 Å². The van der Waals surface area contributed by atoms with Crippen molar-refractivity contribution in [2.24, 2.45) is 0 Å². The highest BCUT2D eigenvalue weighted by molar-refractivity contribution is 6.34. The van der Waals surface area contributed by atoms with Crippen molar-refractivity contribution in [3.63, 3.8) is 0 Å². The number of benzene rings is 1. The standard InChI is InChI=1S/C13H16ClNO4/c1-8-4-9(2)13(10(14)5-8)15-11(16)6-19-12(17)7-18-3/h4-5H,6-7H2,1-3H3,(H,15,16). The van der Waals surface area contributed by atoms with E-state index in [-0.39, 0.29) is 13.2 Å². The van der Waals surface area contributed by atoms with Crippen LogP contribution in [0.5, 0.6) is 0 Å². The smallest absolute Gasteiger partial charge is 0.332 e. The molecule has 1 amide bonds. The van der Waals surface area contributed by atoms with Crippen LogP contribution in [-0.2, 0) is 19.1 Å². The second-order valence-corrected chi connectivity index (χ2v) is 4.49. The molecular formula is C13H16ClNO4. The van der Waals surface area contributed by atoms with Gasteiger partial charge in [-0.15, -0.1) is 0 Å². The summed E-state index contributed by atoms with van der Waals surface area (Å²) in [5, 5.41) is 3.07.